The number of piperazine rings is 1. The van der Waals surface area contributed by atoms with Gasteiger partial charge in [0.25, 0.3) is 5.91 Å². The lowest BCUT2D eigenvalue weighted by Crippen LogP contribution is -2.51. The van der Waals surface area contributed by atoms with Crippen LogP contribution in [0.1, 0.15) is 20.7 Å². The number of hydrogen-bond acceptors (Lipinski definition) is 6. The maximum Gasteiger partial charge on any atom is 0.337 e. The zero-order valence-electron chi connectivity index (χ0n) is 18.6. The first-order chi connectivity index (χ1) is 16.0. The Balaban J connectivity index is 1.25. The summed E-state index contributed by atoms with van der Waals surface area (Å²) >= 11 is 0. The number of carbonyl (C=O) groups is 2. The van der Waals surface area contributed by atoms with Crippen molar-refractivity contribution in [3.05, 3.63) is 77.9 Å². The first kappa shape index (κ1) is 22.8. The van der Waals surface area contributed by atoms with E-state index in [0.29, 0.717) is 44.0 Å². The van der Waals surface area contributed by atoms with Crippen LogP contribution in [0.4, 0.5) is 0 Å². The van der Waals surface area contributed by atoms with E-state index >= 15 is 0 Å². The number of nitrogens with zero attached hydrogens (tertiary/aromatic N) is 2. The molecule has 0 spiro atoms. The van der Waals surface area contributed by atoms with E-state index in [1.807, 2.05) is 47.4 Å². The van der Waals surface area contributed by atoms with Crippen molar-refractivity contribution in [3.63, 3.8) is 0 Å². The van der Waals surface area contributed by atoms with Crippen LogP contribution in [-0.2, 0) is 4.74 Å². The lowest BCUT2D eigenvalue weighted by molar-refractivity contribution is 0.0404. The highest BCUT2D eigenvalue weighted by Gasteiger charge is 2.24. The molecule has 0 bridgehead atoms. The molecule has 1 unspecified atom stereocenters. The molecule has 172 valence electrons. The quantitative estimate of drug-likeness (QED) is 0.560. The van der Waals surface area contributed by atoms with Gasteiger partial charge in [0.2, 0.25) is 0 Å². The number of β-amino-alcohol motifs (C(OH)–C–C–N with tert-alkyl or cyclic N) is 1. The predicted molar refractivity (Wildman–Crippen MR) is 126 cm³/mol. The van der Waals surface area contributed by atoms with Crippen LogP contribution in [0.15, 0.2) is 66.7 Å². The second kappa shape index (κ2) is 10.5. The molecule has 3 aromatic carbocycles. The molecule has 1 aliphatic heterocycles. The number of methoxy groups -OCH3 is 1. The topological polar surface area (TPSA) is 79.3 Å². The number of aliphatic hydroxyl groups excluding tert-OH is 1. The molecule has 4 rings (SSSR count). The van der Waals surface area contributed by atoms with Gasteiger partial charge in [0.15, 0.2) is 0 Å². The fraction of sp³-hybridized carbons (Fsp3) is 0.308. The summed E-state index contributed by atoms with van der Waals surface area (Å²) in [7, 11) is 1.34. The third-order valence-electron chi connectivity index (χ3n) is 5.87. The summed E-state index contributed by atoms with van der Waals surface area (Å²) in [5, 5.41) is 12.4. The van der Waals surface area contributed by atoms with Crippen molar-refractivity contribution in [1.29, 1.82) is 0 Å². The van der Waals surface area contributed by atoms with E-state index in [2.05, 4.69) is 9.64 Å². The third-order valence-corrected chi connectivity index (χ3v) is 5.87. The van der Waals surface area contributed by atoms with Crippen LogP contribution in [0.5, 0.6) is 5.75 Å². The smallest absolute Gasteiger partial charge is 0.337 e. The van der Waals surface area contributed by atoms with Crippen LogP contribution < -0.4 is 4.74 Å². The molecule has 1 fully saturated rings. The second-order valence-corrected chi connectivity index (χ2v) is 8.10. The van der Waals surface area contributed by atoms with Crippen molar-refractivity contribution in [2.24, 2.45) is 0 Å². The van der Waals surface area contributed by atoms with E-state index in [4.69, 9.17) is 4.74 Å². The molecule has 1 atom stereocenters. The number of amides is 1. The molecule has 0 aromatic heterocycles. The van der Waals surface area contributed by atoms with E-state index in [1.54, 1.807) is 24.3 Å². The van der Waals surface area contributed by atoms with Crippen LogP contribution in [0.2, 0.25) is 0 Å². The Bertz CT molecular complexity index is 1100. The molecular weight excluding hydrogens is 420 g/mol. The molecule has 1 heterocycles. The van der Waals surface area contributed by atoms with Gasteiger partial charge < -0.3 is 19.5 Å². The third kappa shape index (κ3) is 5.50. The molecule has 3 aromatic rings. The number of carbonyl (C=O) groups excluding carboxylic acids is 2. The number of hydrogen-bond donors (Lipinski definition) is 1. The van der Waals surface area contributed by atoms with E-state index in [-0.39, 0.29) is 12.5 Å². The highest BCUT2D eigenvalue weighted by molar-refractivity contribution is 6.07. The summed E-state index contributed by atoms with van der Waals surface area (Å²) in [5.74, 6) is 0.220. The summed E-state index contributed by atoms with van der Waals surface area (Å²) in [6.45, 7) is 3.24. The number of benzene rings is 3. The normalized spacial score (nSPS) is 15.3. The Hall–Kier alpha value is -3.42. The largest absolute Gasteiger partial charge is 0.491 e. The van der Waals surface area contributed by atoms with E-state index in [0.717, 1.165) is 16.3 Å². The molecule has 0 saturated carbocycles. The second-order valence-electron chi connectivity index (χ2n) is 8.10. The van der Waals surface area contributed by atoms with Crippen LogP contribution >= 0.6 is 0 Å². The fourth-order valence-electron chi connectivity index (χ4n) is 4.06. The minimum Gasteiger partial charge on any atom is -0.491 e. The molecule has 1 N–H and O–H groups in total. The zero-order valence-corrected chi connectivity index (χ0v) is 18.6. The maximum absolute atomic E-state index is 13.1. The standard InChI is InChI=1S/C26H28N2O5/c1-32-26(31)20-9-11-22(12-10-20)33-18-21(29)17-27-13-15-28(16-14-27)25(30)24-8-4-6-19-5-2-3-7-23(19)24/h2-12,21,29H,13-18H2,1H3. The molecule has 1 amide bonds. The van der Waals surface area contributed by atoms with Crippen LogP contribution in [0, 0.1) is 0 Å². The summed E-state index contributed by atoms with van der Waals surface area (Å²) in [5.41, 5.74) is 1.18. The average Bonchev–Trinajstić information content (AvgIpc) is 2.87. The number of aliphatic hydroxyl groups is 1. The Kier molecular flexibility index (Phi) is 7.22. The number of fused-ring (bicyclic) bond motifs is 1. The molecule has 7 heteroatoms. The first-order valence-corrected chi connectivity index (χ1v) is 11.0. The first-order valence-electron chi connectivity index (χ1n) is 11.0. The van der Waals surface area contributed by atoms with E-state index in [9.17, 15) is 14.7 Å². The number of rotatable bonds is 7. The Morgan fingerprint density at radius 1 is 0.939 bits per heavy atom. The van der Waals surface area contributed by atoms with Gasteiger partial charge in [-0.25, -0.2) is 4.79 Å². The minimum atomic E-state index is -0.661. The van der Waals surface area contributed by atoms with Gasteiger partial charge in [-0.15, -0.1) is 0 Å². The number of esters is 1. The summed E-state index contributed by atoms with van der Waals surface area (Å²) in [6, 6.07) is 20.4. The molecule has 0 radical (unpaired) electrons. The molecule has 7 nitrogen and oxygen atoms in total. The highest BCUT2D eigenvalue weighted by atomic mass is 16.5. The fourth-order valence-corrected chi connectivity index (χ4v) is 4.06. The van der Waals surface area contributed by atoms with Gasteiger partial charge in [-0.1, -0.05) is 36.4 Å². The van der Waals surface area contributed by atoms with Crippen molar-refractivity contribution >= 4 is 22.6 Å². The Labute approximate surface area is 193 Å². The zero-order chi connectivity index (χ0) is 23.2. The molecule has 1 aliphatic rings. The van der Waals surface area contributed by atoms with Crippen LogP contribution in [0.25, 0.3) is 10.8 Å². The van der Waals surface area contributed by atoms with Gasteiger partial charge >= 0.3 is 5.97 Å². The van der Waals surface area contributed by atoms with Gasteiger partial charge in [-0.05, 0) is 41.1 Å². The molecule has 1 saturated heterocycles. The van der Waals surface area contributed by atoms with Crippen molar-refractivity contribution in [1.82, 2.24) is 9.80 Å². The average molecular weight is 449 g/mol. The monoisotopic (exact) mass is 448 g/mol. The summed E-state index contributed by atoms with van der Waals surface area (Å²) < 4.78 is 10.3. The predicted octanol–water partition coefficient (Wildman–Crippen LogP) is 2.82. The van der Waals surface area contributed by atoms with Gasteiger partial charge in [0.05, 0.1) is 12.7 Å². The van der Waals surface area contributed by atoms with Crippen molar-refractivity contribution in [2.45, 2.75) is 6.10 Å². The van der Waals surface area contributed by atoms with E-state index in [1.165, 1.54) is 7.11 Å². The van der Waals surface area contributed by atoms with Crippen LogP contribution in [0.3, 0.4) is 0 Å². The van der Waals surface area contributed by atoms with Gasteiger partial charge in [-0.3, -0.25) is 9.69 Å². The SMILES string of the molecule is COC(=O)c1ccc(OCC(O)CN2CCN(C(=O)c3cccc4ccccc34)CC2)cc1. The van der Waals surface area contributed by atoms with Gasteiger partial charge in [0, 0.05) is 38.3 Å². The Morgan fingerprint density at radius 3 is 2.36 bits per heavy atom. The van der Waals surface area contributed by atoms with Gasteiger partial charge in [-0.2, -0.15) is 0 Å². The van der Waals surface area contributed by atoms with Crippen molar-refractivity contribution < 1.29 is 24.2 Å². The van der Waals surface area contributed by atoms with Gasteiger partial charge in [0.1, 0.15) is 18.5 Å². The maximum atomic E-state index is 13.1. The summed E-state index contributed by atoms with van der Waals surface area (Å²) in [6.07, 6.45) is -0.661. The minimum absolute atomic E-state index is 0.0470. The molecule has 33 heavy (non-hydrogen) atoms. The molecule has 0 aliphatic carbocycles. The molecular formula is C26H28N2O5. The van der Waals surface area contributed by atoms with Crippen molar-refractivity contribution in [3.8, 4) is 5.75 Å². The van der Waals surface area contributed by atoms with Crippen molar-refractivity contribution in [2.75, 3.05) is 46.4 Å². The van der Waals surface area contributed by atoms with Crippen LogP contribution in [-0.4, -0.2) is 79.3 Å². The summed E-state index contributed by atoms with van der Waals surface area (Å²) in [4.78, 5) is 28.6. The highest BCUT2D eigenvalue weighted by Crippen LogP contribution is 2.21. The number of ether oxygens (including phenoxy) is 2. The lowest BCUT2D eigenvalue weighted by atomic mass is 10.0. The van der Waals surface area contributed by atoms with E-state index < -0.39 is 12.1 Å². The Morgan fingerprint density at radius 2 is 1.64 bits per heavy atom. The lowest BCUT2D eigenvalue weighted by Gasteiger charge is -2.35.